The zero-order valence-corrected chi connectivity index (χ0v) is 26.1. The first-order chi connectivity index (χ1) is 21.3. The molecular formula is C33H33N5O4S2. The molecule has 2 heterocycles. The number of hydrogen-bond donors (Lipinski definition) is 1. The molecular weight excluding hydrogens is 595 g/mol. The highest BCUT2D eigenvalue weighted by molar-refractivity contribution is 7.92. The standard InChI is InChI=1S/C33H33N5O4S2/c1-24(2)42-17-7-16-36-33(39)32-18-29-30(10-6-11-31(29)43-32)38(44(40,41)28-8-4-3-5-9-28)22-27-20-35-23-37(27)21-26-14-12-25(19-34)13-15-26/h3-6,8-15,18,20,23-24H,7,16-17,21-22H2,1-2H3,(H,36,39). The van der Waals surface area contributed by atoms with Crippen molar-refractivity contribution in [3.05, 3.63) is 113 Å². The molecule has 0 aliphatic carbocycles. The number of aromatic nitrogens is 2. The van der Waals surface area contributed by atoms with Crippen LogP contribution in [0, 0.1) is 11.3 Å². The van der Waals surface area contributed by atoms with Gasteiger partial charge in [-0.25, -0.2) is 13.4 Å². The molecule has 226 valence electrons. The van der Waals surface area contributed by atoms with Crippen molar-refractivity contribution in [2.75, 3.05) is 17.5 Å². The number of sulfonamides is 1. The molecule has 5 aromatic rings. The van der Waals surface area contributed by atoms with Crippen molar-refractivity contribution in [2.45, 2.75) is 44.4 Å². The molecule has 0 aliphatic heterocycles. The Morgan fingerprint density at radius 3 is 2.59 bits per heavy atom. The number of ether oxygens (including phenoxy) is 1. The quantitative estimate of drug-likeness (QED) is 0.161. The van der Waals surface area contributed by atoms with Gasteiger partial charge in [0.05, 0.1) is 51.8 Å². The number of nitrogens with zero attached hydrogens (tertiary/aromatic N) is 4. The van der Waals surface area contributed by atoms with Crippen LogP contribution in [0.15, 0.2) is 96.3 Å². The number of amides is 1. The number of thiophene rings is 1. The fourth-order valence-electron chi connectivity index (χ4n) is 4.73. The molecule has 44 heavy (non-hydrogen) atoms. The second kappa shape index (κ2) is 13.9. The van der Waals surface area contributed by atoms with Crippen LogP contribution in [0.2, 0.25) is 0 Å². The fraction of sp³-hybridized carbons (Fsp3) is 0.242. The molecule has 0 saturated carbocycles. The van der Waals surface area contributed by atoms with Crippen molar-refractivity contribution >= 4 is 43.0 Å². The van der Waals surface area contributed by atoms with E-state index in [0.717, 1.165) is 10.3 Å². The highest BCUT2D eigenvalue weighted by Crippen LogP contribution is 2.37. The van der Waals surface area contributed by atoms with Gasteiger partial charge in [0.1, 0.15) is 0 Å². The van der Waals surface area contributed by atoms with Crippen LogP contribution < -0.4 is 9.62 Å². The van der Waals surface area contributed by atoms with E-state index in [4.69, 9.17) is 10.00 Å². The van der Waals surface area contributed by atoms with Gasteiger partial charge >= 0.3 is 0 Å². The summed E-state index contributed by atoms with van der Waals surface area (Å²) in [6.07, 6.45) is 4.16. The Hall–Kier alpha value is -4.50. The smallest absolute Gasteiger partial charge is 0.264 e. The molecule has 0 saturated heterocycles. The molecule has 9 nitrogen and oxygen atoms in total. The molecule has 0 spiro atoms. The van der Waals surface area contributed by atoms with Crippen LogP contribution in [0.25, 0.3) is 10.1 Å². The molecule has 2 aromatic heterocycles. The maximum Gasteiger partial charge on any atom is 0.264 e. The van der Waals surface area contributed by atoms with Crippen LogP contribution in [0.1, 0.15) is 46.8 Å². The van der Waals surface area contributed by atoms with E-state index in [1.54, 1.807) is 73.2 Å². The normalized spacial score (nSPS) is 11.5. The Kier molecular flexibility index (Phi) is 9.75. The number of hydrogen-bond acceptors (Lipinski definition) is 7. The van der Waals surface area contributed by atoms with Crippen molar-refractivity contribution in [3.63, 3.8) is 0 Å². The second-order valence-electron chi connectivity index (χ2n) is 10.5. The lowest BCUT2D eigenvalue weighted by molar-refractivity contribution is 0.0757. The average molecular weight is 628 g/mol. The van der Waals surface area contributed by atoms with E-state index in [1.165, 1.54) is 15.6 Å². The zero-order valence-electron chi connectivity index (χ0n) is 24.5. The number of carbonyl (C=O) groups is 1. The molecule has 0 aliphatic rings. The van der Waals surface area contributed by atoms with Gasteiger partial charge in [-0.05, 0) is 68.3 Å². The third kappa shape index (κ3) is 7.17. The van der Waals surface area contributed by atoms with Crippen molar-refractivity contribution in [3.8, 4) is 6.07 Å². The van der Waals surface area contributed by atoms with Crippen LogP contribution in [-0.4, -0.2) is 43.1 Å². The van der Waals surface area contributed by atoms with Crippen molar-refractivity contribution < 1.29 is 17.9 Å². The molecule has 0 atom stereocenters. The average Bonchev–Trinajstić information content (AvgIpc) is 3.67. The largest absolute Gasteiger partial charge is 0.379 e. The summed E-state index contributed by atoms with van der Waals surface area (Å²) in [7, 11) is -4.01. The highest BCUT2D eigenvalue weighted by atomic mass is 32.2. The van der Waals surface area contributed by atoms with E-state index in [-0.39, 0.29) is 23.5 Å². The fourth-order valence-corrected chi connectivity index (χ4v) is 7.20. The summed E-state index contributed by atoms with van der Waals surface area (Å²) in [5, 5.41) is 12.7. The number of fused-ring (bicyclic) bond motifs is 1. The minimum Gasteiger partial charge on any atom is -0.379 e. The molecule has 0 bridgehead atoms. The molecule has 1 N–H and O–H groups in total. The molecule has 0 unspecified atom stereocenters. The van der Waals surface area contributed by atoms with E-state index in [2.05, 4.69) is 16.4 Å². The minimum absolute atomic E-state index is 0.0137. The monoisotopic (exact) mass is 627 g/mol. The first-order valence-corrected chi connectivity index (χ1v) is 16.5. The molecule has 1 amide bonds. The maximum absolute atomic E-state index is 14.2. The van der Waals surface area contributed by atoms with Crippen molar-refractivity contribution in [1.29, 1.82) is 5.26 Å². The number of rotatable bonds is 13. The van der Waals surface area contributed by atoms with Crippen LogP contribution in [-0.2, 0) is 27.8 Å². The Morgan fingerprint density at radius 1 is 1.09 bits per heavy atom. The number of benzene rings is 3. The van der Waals surface area contributed by atoms with E-state index >= 15 is 0 Å². The van der Waals surface area contributed by atoms with E-state index < -0.39 is 10.0 Å². The SMILES string of the molecule is CC(C)OCCCNC(=O)c1cc2c(N(Cc3cncn3Cc3ccc(C#N)cc3)S(=O)(=O)c3ccccc3)cccc2s1. The van der Waals surface area contributed by atoms with Gasteiger partial charge in [0.25, 0.3) is 15.9 Å². The Bertz CT molecular complexity index is 1870. The summed E-state index contributed by atoms with van der Waals surface area (Å²) in [4.78, 5) is 18.0. The van der Waals surface area contributed by atoms with Gasteiger partial charge in [-0.2, -0.15) is 5.26 Å². The minimum atomic E-state index is -4.01. The topological polar surface area (TPSA) is 117 Å². The molecule has 0 radical (unpaired) electrons. The zero-order chi connectivity index (χ0) is 31.1. The van der Waals surface area contributed by atoms with Gasteiger partial charge in [-0.15, -0.1) is 11.3 Å². The highest BCUT2D eigenvalue weighted by Gasteiger charge is 2.28. The number of carbonyl (C=O) groups excluding carboxylic acids is 1. The Balaban J connectivity index is 1.48. The number of anilines is 1. The number of nitrogens with one attached hydrogen (secondary N) is 1. The van der Waals surface area contributed by atoms with Gasteiger partial charge < -0.3 is 14.6 Å². The Labute approximate surface area is 261 Å². The lowest BCUT2D eigenvalue weighted by Crippen LogP contribution is -2.31. The van der Waals surface area contributed by atoms with Crippen LogP contribution in [0.4, 0.5) is 5.69 Å². The van der Waals surface area contributed by atoms with Crippen LogP contribution >= 0.6 is 11.3 Å². The lowest BCUT2D eigenvalue weighted by atomic mass is 10.1. The molecule has 3 aromatic carbocycles. The summed E-state index contributed by atoms with van der Waals surface area (Å²) >= 11 is 1.32. The number of nitriles is 1. The van der Waals surface area contributed by atoms with Gasteiger partial charge in [0.2, 0.25) is 0 Å². The second-order valence-corrected chi connectivity index (χ2v) is 13.4. The summed E-state index contributed by atoms with van der Waals surface area (Å²) in [6, 6.07) is 24.9. The summed E-state index contributed by atoms with van der Waals surface area (Å²) in [5.74, 6) is -0.209. The van der Waals surface area contributed by atoms with Gasteiger partial charge in [0, 0.05) is 36.0 Å². The molecule has 0 fully saturated rings. The Morgan fingerprint density at radius 2 is 1.86 bits per heavy atom. The third-order valence-electron chi connectivity index (χ3n) is 6.96. The van der Waals surface area contributed by atoms with Crippen molar-refractivity contribution in [1.82, 2.24) is 14.9 Å². The van der Waals surface area contributed by atoms with Gasteiger partial charge in [-0.3, -0.25) is 9.10 Å². The van der Waals surface area contributed by atoms with E-state index in [1.807, 2.05) is 36.6 Å². The predicted octanol–water partition coefficient (Wildman–Crippen LogP) is 5.96. The summed E-state index contributed by atoms with van der Waals surface area (Å²) < 4.78 is 38.1. The molecule has 5 rings (SSSR count). The summed E-state index contributed by atoms with van der Waals surface area (Å²) in [5.41, 5.74) is 2.67. The predicted molar refractivity (Wildman–Crippen MR) is 172 cm³/mol. The van der Waals surface area contributed by atoms with Crippen molar-refractivity contribution in [2.24, 2.45) is 0 Å². The first kappa shape index (κ1) is 30.9. The van der Waals surface area contributed by atoms with Gasteiger partial charge in [0.15, 0.2) is 0 Å². The molecule has 11 heteroatoms. The van der Waals surface area contributed by atoms with Gasteiger partial charge in [-0.1, -0.05) is 36.4 Å². The van der Waals surface area contributed by atoms with Crippen LogP contribution in [0.5, 0.6) is 0 Å². The van der Waals surface area contributed by atoms with Crippen LogP contribution in [0.3, 0.4) is 0 Å². The lowest BCUT2D eigenvalue weighted by Gasteiger charge is -2.26. The first-order valence-electron chi connectivity index (χ1n) is 14.2. The summed E-state index contributed by atoms with van der Waals surface area (Å²) in [6.45, 7) is 5.44. The number of imidazole rings is 1. The van der Waals surface area contributed by atoms with E-state index in [9.17, 15) is 13.2 Å². The van der Waals surface area contributed by atoms with E-state index in [0.29, 0.717) is 53.3 Å². The third-order valence-corrected chi connectivity index (χ3v) is 9.83. The maximum atomic E-state index is 14.2.